The second kappa shape index (κ2) is 9.13. The minimum atomic E-state index is -0.00637. The molecule has 1 fully saturated rings. The van der Waals surface area contributed by atoms with Crippen LogP contribution in [0.1, 0.15) is 48.4 Å². The van der Waals surface area contributed by atoms with Crippen molar-refractivity contribution in [1.29, 1.82) is 0 Å². The SMILES string of the molecule is Cc1ccc([C@H]2c3ccsc3CCN2CC(=O)N2CCN(C(=O)C(C)C)[C@@H](C)C2)cc1. The van der Waals surface area contributed by atoms with E-state index in [1.54, 1.807) is 0 Å². The number of piperazine rings is 1. The average Bonchev–Trinajstić information content (AvgIpc) is 3.22. The van der Waals surface area contributed by atoms with Gasteiger partial charge in [0, 0.05) is 43.0 Å². The molecule has 0 N–H and O–H groups in total. The Labute approximate surface area is 189 Å². The Kier molecular flexibility index (Phi) is 6.49. The summed E-state index contributed by atoms with van der Waals surface area (Å²) in [4.78, 5) is 33.4. The minimum absolute atomic E-state index is 0.00637. The number of carbonyl (C=O) groups is 2. The van der Waals surface area contributed by atoms with Gasteiger partial charge in [-0.2, -0.15) is 0 Å². The second-order valence-corrected chi connectivity index (χ2v) is 10.2. The van der Waals surface area contributed by atoms with Gasteiger partial charge in [0.1, 0.15) is 0 Å². The maximum Gasteiger partial charge on any atom is 0.236 e. The Morgan fingerprint density at radius 1 is 1.10 bits per heavy atom. The molecule has 166 valence electrons. The summed E-state index contributed by atoms with van der Waals surface area (Å²) in [5, 5.41) is 2.17. The third-order valence-corrected chi connectivity index (χ3v) is 7.55. The molecule has 2 atom stereocenters. The Balaban J connectivity index is 1.48. The highest BCUT2D eigenvalue weighted by Gasteiger charge is 2.34. The van der Waals surface area contributed by atoms with Gasteiger partial charge < -0.3 is 9.80 Å². The van der Waals surface area contributed by atoms with Gasteiger partial charge in [0.15, 0.2) is 0 Å². The number of hydrogen-bond acceptors (Lipinski definition) is 4. The van der Waals surface area contributed by atoms with E-state index in [1.807, 2.05) is 41.9 Å². The van der Waals surface area contributed by atoms with Gasteiger partial charge in [-0.25, -0.2) is 0 Å². The van der Waals surface area contributed by atoms with Crippen molar-refractivity contribution < 1.29 is 9.59 Å². The summed E-state index contributed by atoms with van der Waals surface area (Å²) >= 11 is 1.82. The molecule has 2 amide bonds. The van der Waals surface area contributed by atoms with Gasteiger partial charge in [-0.3, -0.25) is 14.5 Å². The van der Waals surface area contributed by atoms with E-state index in [4.69, 9.17) is 0 Å². The number of carbonyl (C=O) groups excluding carboxylic acids is 2. The topological polar surface area (TPSA) is 43.9 Å². The molecule has 6 heteroatoms. The van der Waals surface area contributed by atoms with Crippen molar-refractivity contribution in [3.8, 4) is 0 Å². The number of aryl methyl sites for hydroxylation is 1. The number of benzene rings is 1. The highest BCUT2D eigenvalue weighted by atomic mass is 32.1. The first kappa shape index (κ1) is 22.0. The molecule has 2 aliphatic heterocycles. The van der Waals surface area contributed by atoms with Crippen LogP contribution in [0.15, 0.2) is 35.7 Å². The summed E-state index contributed by atoms with van der Waals surface area (Å²) < 4.78 is 0. The monoisotopic (exact) mass is 439 g/mol. The molecule has 3 heterocycles. The molecule has 1 aromatic carbocycles. The van der Waals surface area contributed by atoms with E-state index in [1.165, 1.54) is 21.6 Å². The lowest BCUT2D eigenvalue weighted by Crippen LogP contribution is -2.57. The van der Waals surface area contributed by atoms with Gasteiger partial charge in [-0.15, -0.1) is 11.3 Å². The van der Waals surface area contributed by atoms with E-state index < -0.39 is 0 Å². The smallest absolute Gasteiger partial charge is 0.236 e. The van der Waals surface area contributed by atoms with Crippen LogP contribution in [0.2, 0.25) is 0 Å². The number of amides is 2. The third-order valence-electron chi connectivity index (χ3n) is 6.55. The van der Waals surface area contributed by atoms with Gasteiger partial charge in [0.2, 0.25) is 11.8 Å². The third kappa shape index (κ3) is 4.55. The fraction of sp³-hybridized carbons (Fsp3) is 0.520. The van der Waals surface area contributed by atoms with Crippen molar-refractivity contribution in [2.75, 3.05) is 32.7 Å². The summed E-state index contributed by atoms with van der Waals surface area (Å²) in [6, 6.07) is 11.1. The van der Waals surface area contributed by atoms with Crippen molar-refractivity contribution in [3.63, 3.8) is 0 Å². The maximum absolute atomic E-state index is 13.3. The van der Waals surface area contributed by atoms with E-state index in [0.717, 1.165) is 13.0 Å². The van der Waals surface area contributed by atoms with Crippen LogP contribution in [0, 0.1) is 12.8 Å². The van der Waals surface area contributed by atoms with E-state index >= 15 is 0 Å². The number of hydrogen-bond donors (Lipinski definition) is 0. The molecule has 2 aromatic rings. The molecule has 1 aromatic heterocycles. The van der Waals surface area contributed by atoms with E-state index in [-0.39, 0.29) is 29.8 Å². The fourth-order valence-electron chi connectivity index (χ4n) is 4.79. The first-order valence-electron chi connectivity index (χ1n) is 11.3. The van der Waals surface area contributed by atoms with E-state index in [0.29, 0.717) is 26.2 Å². The maximum atomic E-state index is 13.3. The zero-order valence-electron chi connectivity index (χ0n) is 19.0. The highest BCUT2D eigenvalue weighted by molar-refractivity contribution is 7.10. The molecule has 0 radical (unpaired) electrons. The summed E-state index contributed by atoms with van der Waals surface area (Å²) in [7, 11) is 0. The zero-order valence-corrected chi connectivity index (χ0v) is 19.8. The lowest BCUT2D eigenvalue weighted by molar-refractivity contribution is -0.145. The number of nitrogens with zero attached hydrogens (tertiary/aromatic N) is 3. The number of rotatable bonds is 4. The van der Waals surface area contributed by atoms with Gasteiger partial charge in [0.05, 0.1) is 12.6 Å². The minimum Gasteiger partial charge on any atom is -0.338 e. The predicted octanol–water partition coefficient (Wildman–Crippen LogP) is 3.72. The van der Waals surface area contributed by atoms with Crippen LogP contribution in [0.4, 0.5) is 0 Å². The molecule has 2 aliphatic rings. The Bertz CT molecular complexity index is 936. The average molecular weight is 440 g/mol. The normalized spacial score (nSPS) is 22.0. The van der Waals surface area contributed by atoms with Crippen LogP contribution < -0.4 is 0 Å². The van der Waals surface area contributed by atoms with Crippen LogP contribution in [0.25, 0.3) is 0 Å². The summed E-state index contributed by atoms with van der Waals surface area (Å²) in [6.07, 6.45) is 0.996. The Morgan fingerprint density at radius 3 is 2.52 bits per heavy atom. The quantitative estimate of drug-likeness (QED) is 0.729. The molecule has 1 saturated heterocycles. The standard InChI is InChI=1S/C25H33N3O2S/c1-17(2)25(30)28-13-12-26(15-19(28)4)23(29)16-27-11-9-22-21(10-14-31-22)24(27)20-7-5-18(3)6-8-20/h5-8,10,14,17,19,24H,9,11-13,15-16H2,1-4H3/t19-,24-/m0/s1. The molecule has 0 saturated carbocycles. The van der Waals surface area contributed by atoms with E-state index in [2.05, 4.69) is 47.5 Å². The molecule has 0 spiro atoms. The molecule has 31 heavy (non-hydrogen) atoms. The first-order valence-corrected chi connectivity index (χ1v) is 12.2. The van der Waals surface area contributed by atoms with Crippen molar-refractivity contribution in [1.82, 2.24) is 14.7 Å². The van der Waals surface area contributed by atoms with Crippen LogP contribution in [0.3, 0.4) is 0 Å². The second-order valence-electron chi connectivity index (χ2n) is 9.21. The molecule has 0 bridgehead atoms. The summed E-state index contributed by atoms with van der Waals surface area (Å²) in [5.74, 6) is 0.340. The lowest BCUT2D eigenvalue weighted by atomic mass is 9.92. The predicted molar refractivity (Wildman–Crippen MR) is 125 cm³/mol. The first-order chi connectivity index (χ1) is 14.8. The van der Waals surface area contributed by atoms with Crippen LogP contribution in [-0.4, -0.2) is 65.3 Å². The van der Waals surface area contributed by atoms with Crippen LogP contribution in [-0.2, 0) is 16.0 Å². The van der Waals surface area contributed by atoms with Gasteiger partial charge in [-0.1, -0.05) is 43.7 Å². The van der Waals surface area contributed by atoms with Crippen molar-refractivity contribution in [2.24, 2.45) is 5.92 Å². The molecule has 4 rings (SSSR count). The number of fused-ring (bicyclic) bond motifs is 1. The van der Waals surface area contributed by atoms with Crippen LogP contribution >= 0.6 is 11.3 Å². The van der Waals surface area contributed by atoms with Gasteiger partial charge >= 0.3 is 0 Å². The van der Waals surface area contributed by atoms with Crippen LogP contribution in [0.5, 0.6) is 0 Å². The Morgan fingerprint density at radius 2 is 1.84 bits per heavy atom. The largest absolute Gasteiger partial charge is 0.338 e. The molecular formula is C25H33N3O2S. The molecule has 0 unspecified atom stereocenters. The van der Waals surface area contributed by atoms with Gasteiger partial charge in [-0.05, 0) is 42.8 Å². The summed E-state index contributed by atoms with van der Waals surface area (Å²) in [5.41, 5.74) is 3.84. The van der Waals surface area contributed by atoms with Crippen molar-refractivity contribution in [3.05, 3.63) is 57.3 Å². The Hall–Kier alpha value is -2.18. The van der Waals surface area contributed by atoms with Gasteiger partial charge in [0.25, 0.3) is 0 Å². The highest BCUT2D eigenvalue weighted by Crippen LogP contribution is 2.37. The lowest BCUT2D eigenvalue weighted by Gasteiger charge is -2.42. The fourth-order valence-corrected chi connectivity index (χ4v) is 5.70. The van der Waals surface area contributed by atoms with E-state index in [9.17, 15) is 9.59 Å². The van der Waals surface area contributed by atoms with Crippen molar-refractivity contribution >= 4 is 23.2 Å². The summed E-state index contributed by atoms with van der Waals surface area (Å²) in [6.45, 7) is 11.2. The van der Waals surface area contributed by atoms with Crippen molar-refractivity contribution in [2.45, 2.75) is 46.2 Å². The molecule has 0 aliphatic carbocycles. The molecular weight excluding hydrogens is 406 g/mol. The number of thiophene rings is 1. The zero-order chi connectivity index (χ0) is 22.1. The molecule has 5 nitrogen and oxygen atoms in total.